The molecular formula is C25H24ClN3O2. The first-order valence-corrected chi connectivity index (χ1v) is 10.9. The molecule has 3 N–H and O–H groups in total. The minimum absolute atomic E-state index is 0.0715. The van der Waals surface area contributed by atoms with Gasteiger partial charge in [-0.05, 0) is 35.7 Å². The van der Waals surface area contributed by atoms with Crippen LogP contribution in [0, 0.1) is 5.92 Å². The summed E-state index contributed by atoms with van der Waals surface area (Å²) in [5.41, 5.74) is 9.51. The summed E-state index contributed by atoms with van der Waals surface area (Å²) in [6.45, 7) is 0.623. The molecule has 0 aliphatic carbocycles. The van der Waals surface area contributed by atoms with Gasteiger partial charge in [0.05, 0.1) is 12.1 Å². The van der Waals surface area contributed by atoms with Crippen LogP contribution in [0.15, 0.2) is 78.9 Å². The fourth-order valence-electron chi connectivity index (χ4n) is 4.92. The van der Waals surface area contributed by atoms with E-state index in [0.29, 0.717) is 11.6 Å². The summed E-state index contributed by atoms with van der Waals surface area (Å²) in [5.74, 6) is 0.233. The maximum Gasteiger partial charge on any atom is 0.242 e. The second-order valence-corrected chi connectivity index (χ2v) is 8.58. The first kappa shape index (κ1) is 20.1. The highest BCUT2D eigenvalue weighted by molar-refractivity contribution is 6.30. The minimum Gasteiger partial charge on any atom is -0.508 e. The van der Waals surface area contributed by atoms with Crippen LogP contribution >= 0.6 is 11.6 Å². The van der Waals surface area contributed by atoms with Gasteiger partial charge in [-0.3, -0.25) is 4.79 Å². The van der Waals surface area contributed by atoms with Gasteiger partial charge in [0.25, 0.3) is 0 Å². The number of likely N-dealkylation sites (tertiary alicyclic amines) is 1. The van der Waals surface area contributed by atoms with E-state index in [1.54, 1.807) is 12.1 Å². The molecule has 3 aromatic rings. The van der Waals surface area contributed by atoms with Crippen molar-refractivity contribution in [2.75, 3.05) is 6.54 Å². The largest absolute Gasteiger partial charge is 0.508 e. The summed E-state index contributed by atoms with van der Waals surface area (Å²) in [5, 5.41) is 11.2. The molecule has 5 rings (SSSR count). The summed E-state index contributed by atoms with van der Waals surface area (Å²) < 4.78 is 0. The number of para-hydroxylation sites is 1. The van der Waals surface area contributed by atoms with Gasteiger partial charge in [0, 0.05) is 23.0 Å². The molecule has 2 aliphatic rings. The Morgan fingerprint density at radius 3 is 2.29 bits per heavy atom. The zero-order valence-corrected chi connectivity index (χ0v) is 17.7. The van der Waals surface area contributed by atoms with Crippen LogP contribution < -0.4 is 10.9 Å². The first-order chi connectivity index (χ1) is 15.1. The highest BCUT2D eigenvalue weighted by Crippen LogP contribution is 2.48. The number of hydrogen-bond acceptors (Lipinski definition) is 4. The van der Waals surface area contributed by atoms with Crippen LogP contribution in [0.3, 0.4) is 0 Å². The van der Waals surface area contributed by atoms with Gasteiger partial charge in [-0.2, -0.15) is 0 Å². The number of phenols is 1. The van der Waals surface area contributed by atoms with Crippen molar-refractivity contribution >= 4 is 17.5 Å². The summed E-state index contributed by atoms with van der Waals surface area (Å²) in [6, 6.07) is 24.6. The number of nitrogens with zero attached hydrogens (tertiary/aromatic N) is 1. The van der Waals surface area contributed by atoms with Gasteiger partial charge < -0.3 is 10.0 Å². The molecule has 2 saturated heterocycles. The summed E-state index contributed by atoms with van der Waals surface area (Å²) in [7, 11) is 0. The maximum absolute atomic E-state index is 13.5. The van der Waals surface area contributed by atoms with Crippen LogP contribution in [0.5, 0.6) is 5.75 Å². The lowest BCUT2D eigenvalue weighted by Gasteiger charge is -2.31. The number of fused-ring (bicyclic) bond motifs is 1. The standard InChI is InChI=1S/C25H24ClN3O2/c26-18-12-10-17(11-13-18)24-21-22(19-8-4-5-9-20(19)30)27-28-23(21)25(31)29(24)15-14-16-6-2-1-3-7-16/h1-13,21-24,27-28,30H,14-15H2. The normalized spacial score (nSPS) is 25.1. The van der Waals surface area contributed by atoms with Gasteiger partial charge >= 0.3 is 0 Å². The Hall–Kier alpha value is -2.86. The average molecular weight is 434 g/mol. The lowest BCUT2D eigenvalue weighted by Crippen LogP contribution is -2.42. The summed E-state index contributed by atoms with van der Waals surface area (Å²) in [6.07, 6.45) is 0.783. The summed E-state index contributed by atoms with van der Waals surface area (Å²) in [4.78, 5) is 15.4. The van der Waals surface area contributed by atoms with E-state index < -0.39 is 0 Å². The van der Waals surface area contributed by atoms with Crippen molar-refractivity contribution in [1.82, 2.24) is 15.8 Å². The van der Waals surface area contributed by atoms with E-state index in [9.17, 15) is 9.90 Å². The molecule has 2 aliphatic heterocycles. The second-order valence-electron chi connectivity index (χ2n) is 8.14. The van der Waals surface area contributed by atoms with Gasteiger partial charge in [0.15, 0.2) is 0 Å². The molecule has 5 nitrogen and oxygen atoms in total. The van der Waals surface area contributed by atoms with Gasteiger partial charge in [-0.15, -0.1) is 0 Å². The lowest BCUT2D eigenvalue weighted by molar-refractivity contribution is -0.130. The van der Waals surface area contributed by atoms with E-state index in [2.05, 4.69) is 23.0 Å². The monoisotopic (exact) mass is 433 g/mol. The van der Waals surface area contributed by atoms with Crippen molar-refractivity contribution < 1.29 is 9.90 Å². The molecule has 0 saturated carbocycles. The lowest BCUT2D eigenvalue weighted by atomic mass is 9.83. The predicted octanol–water partition coefficient (Wildman–Crippen LogP) is 4.01. The third kappa shape index (κ3) is 3.69. The van der Waals surface area contributed by atoms with Crippen molar-refractivity contribution in [3.05, 3.63) is 101 Å². The number of amides is 1. The molecular weight excluding hydrogens is 410 g/mol. The Labute approximate surface area is 186 Å². The number of phenolic OH excluding ortho intramolecular Hbond substituents is 1. The molecule has 4 atom stereocenters. The van der Waals surface area contributed by atoms with Crippen LogP contribution in [0.2, 0.25) is 5.02 Å². The fourth-order valence-corrected chi connectivity index (χ4v) is 5.05. The quantitative estimate of drug-likeness (QED) is 0.569. The molecule has 0 aromatic heterocycles. The van der Waals surface area contributed by atoms with Crippen molar-refractivity contribution in [3.8, 4) is 5.75 Å². The number of hydrogen-bond donors (Lipinski definition) is 3. The van der Waals surface area contributed by atoms with E-state index in [1.807, 2.05) is 59.5 Å². The van der Waals surface area contributed by atoms with Crippen molar-refractivity contribution in [3.63, 3.8) is 0 Å². The topological polar surface area (TPSA) is 64.6 Å². The van der Waals surface area contributed by atoms with E-state index >= 15 is 0 Å². The maximum atomic E-state index is 13.5. The van der Waals surface area contributed by atoms with Crippen LogP contribution in [-0.2, 0) is 11.2 Å². The number of nitrogens with one attached hydrogen (secondary N) is 2. The van der Waals surface area contributed by atoms with E-state index in [0.717, 1.165) is 17.5 Å². The van der Waals surface area contributed by atoms with Crippen molar-refractivity contribution in [2.45, 2.75) is 24.5 Å². The third-order valence-corrected chi connectivity index (χ3v) is 6.63. The number of carbonyl (C=O) groups is 1. The van der Waals surface area contributed by atoms with Crippen LogP contribution in [-0.4, -0.2) is 28.5 Å². The van der Waals surface area contributed by atoms with Crippen LogP contribution in [0.25, 0.3) is 0 Å². The van der Waals surface area contributed by atoms with E-state index in [4.69, 9.17) is 11.6 Å². The van der Waals surface area contributed by atoms with Gasteiger partial charge in [-0.1, -0.05) is 72.3 Å². The van der Waals surface area contributed by atoms with Crippen LogP contribution in [0.1, 0.15) is 28.8 Å². The minimum atomic E-state index is -0.360. The molecule has 31 heavy (non-hydrogen) atoms. The summed E-state index contributed by atoms with van der Waals surface area (Å²) >= 11 is 6.14. The van der Waals surface area contributed by atoms with E-state index in [-0.39, 0.29) is 35.7 Å². The SMILES string of the molecule is O=C1C2NNC(c3ccccc3O)C2C(c2ccc(Cl)cc2)N1CCc1ccccc1. The number of aromatic hydroxyl groups is 1. The number of hydrazine groups is 1. The fraction of sp³-hybridized carbons (Fsp3) is 0.240. The highest BCUT2D eigenvalue weighted by Gasteiger charge is 2.55. The molecule has 2 fully saturated rings. The van der Waals surface area contributed by atoms with Gasteiger partial charge in [-0.25, -0.2) is 10.9 Å². The molecule has 0 radical (unpaired) electrons. The van der Waals surface area contributed by atoms with Crippen molar-refractivity contribution in [1.29, 1.82) is 0 Å². The molecule has 3 aromatic carbocycles. The van der Waals surface area contributed by atoms with E-state index in [1.165, 1.54) is 5.56 Å². The highest BCUT2D eigenvalue weighted by atomic mass is 35.5. The van der Waals surface area contributed by atoms with Crippen LogP contribution in [0.4, 0.5) is 0 Å². The zero-order chi connectivity index (χ0) is 21.4. The van der Waals surface area contributed by atoms with Gasteiger partial charge in [0.1, 0.15) is 11.8 Å². The Morgan fingerprint density at radius 1 is 0.871 bits per heavy atom. The third-order valence-electron chi connectivity index (χ3n) is 6.38. The molecule has 6 heteroatoms. The van der Waals surface area contributed by atoms with Crippen molar-refractivity contribution in [2.24, 2.45) is 5.92 Å². The molecule has 2 heterocycles. The van der Waals surface area contributed by atoms with Gasteiger partial charge in [0.2, 0.25) is 5.91 Å². The number of halogens is 1. The second kappa shape index (κ2) is 8.35. The number of benzene rings is 3. The molecule has 0 bridgehead atoms. The molecule has 4 unspecified atom stereocenters. The molecule has 0 spiro atoms. The smallest absolute Gasteiger partial charge is 0.242 e. The zero-order valence-electron chi connectivity index (χ0n) is 16.9. The Morgan fingerprint density at radius 2 is 1.55 bits per heavy atom. The number of rotatable bonds is 5. The molecule has 158 valence electrons. The predicted molar refractivity (Wildman–Crippen MR) is 120 cm³/mol. The first-order valence-electron chi connectivity index (χ1n) is 10.5. The number of carbonyl (C=O) groups excluding carboxylic acids is 1. The molecule has 1 amide bonds. The average Bonchev–Trinajstić information content (AvgIpc) is 3.33. The Kier molecular flexibility index (Phi) is 5.40. The Bertz CT molecular complexity index is 1070. The Balaban J connectivity index is 1.51.